The van der Waals surface area contributed by atoms with Gasteiger partial charge in [0.1, 0.15) is 0 Å². The van der Waals surface area contributed by atoms with Crippen molar-refractivity contribution in [3.63, 3.8) is 0 Å². The number of rotatable bonds is 7. The van der Waals surface area contributed by atoms with Crippen LogP contribution < -0.4 is 0 Å². The first-order valence-electron chi connectivity index (χ1n) is 7.29. The molecule has 0 N–H and O–H groups in total. The van der Waals surface area contributed by atoms with Crippen LogP contribution in [-0.2, 0) is 6.42 Å². The van der Waals surface area contributed by atoms with Crippen LogP contribution in [0.2, 0.25) is 0 Å². The second kappa shape index (κ2) is 7.13. The monoisotopic (exact) mass is 306 g/mol. The van der Waals surface area contributed by atoms with Crippen molar-refractivity contribution >= 4 is 21.5 Å². The van der Waals surface area contributed by atoms with Gasteiger partial charge in [-0.1, -0.05) is 73.2 Å². The minimum Gasteiger partial charge on any atom is -0.0762 e. The molecule has 0 unspecified atom stereocenters. The molecule has 0 saturated heterocycles. The summed E-state index contributed by atoms with van der Waals surface area (Å²) in [5.74, 6) is 0. The quantitative estimate of drug-likeness (QED) is 0.531. The first-order valence-corrected chi connectivity index (χ1v) is 8.09. The summed E-state index contributed by atoms with van der Waals surface area (Å²) < 4.78 is 1.27. The van der Waals surface area contributed by atoms with E-state index >= 15 is 0 Å². The van der Waals surface area contributed by atoms with Crippen molar-refractivity contribution in [1.82, 2.24) is 0 Å². The van der Waals surface area contributed by atoms with Gasteiger partial charge in [0.25, 0.3) is 0 Å². The van der Waals surface area contributed by atoms with E-state index in [1.807, 2.05) is 0 Å². The van der Waals surface area contributed by atoms with Gasteiger partial charge < -0.3 is 0 Å². The third-order valence-electron chi connectivity index (χ3n) is 3.82. The zero-order valence-electron chi connectivity index (χ0n) is 11.3. The Kier molecular flexibility index (Phi) is 5.49. The lowest BCUT2D eigenvalue weighted by molar-refractivity contribution is 0.613. The third-order valence-corrected chi connectivity index (χ3v) is 4.56. The zero-order chi connectivity index (χ0) is 12.8. The molecule has 0 bridgehead atoms. The number of allylic oxidation sites excluding steroid dienone is 2. The van der Waals surface area contributed by atoms with Gasteiger partial charge >= 0.3 is 0 Å². The molecule has 18 heavy (non-hydrogen) atoms. The van der Waals surface area contributed by atoms with Gasteiger partial charge in [0.15, 0.2) is 0 Å². The fraction of sp³-hybridized carbons (Fsp3) is 0.529. The number of hydrogen-bond acceptors (Lipinski definition) is 0. The maximum Gasteiger partial charge on any atom is 0.0216 e. The Hall–Kier alpha value is -0.560. The maximum atomic E-state index is 3.65. The SMILES string of the molecule is CCCCCCCCC1=CCc2c(Br)cccc21. The molecule has 1 heteroatoms. The Morgan fingerprint density at radius 2 is 1.83 bits per heavy atom. The molecule has 0 heterocycles. The van der Waals surface area contributed by atoms with Crippen LogP contribution >= 0.6 is 15.9 Å². The molecule has 0 fully saturated rings. The molecule has 98 valence electrons. The van der Waals surface area contributed by atoms with E-state index in [0.717, 1.165) is 6.42 Å². The van der Waals surface area contributed by atoms with Crippen LogP contribution in [0.25, 0.3) is 5.57 Å². The molecule has 0 amide bonds. The van der Waals surface area contributed by atoms with Crippen LogP contribution in [-0.4, -0.2) is 0 Å². The third kappa shape index (κ3) is 3.47. The first kappa shape index (κ1) is 13.9. The van der Waals surface area contributed by atoms with Crippen molar-refractivity contribution in [3.05, 3.63) is 39.9 Å². The molecule has 0 aromatic heterocycles. The summed E-state index contributed by atoms with van der Waals surface area (Å²) >= 11 is 3.65. The lowest BCUT2D eigenvalue weighted by Crippen LogP contribution is -1.87. The van der Waals surface area contributed by atoms with Crippen LogP contribution in [0.15, 0.2) is 28.7 Å². The van der Waals surface area contributed by atoms with Gasteiger partial charge in [-0.2, -0.15) is 0 Å². The summed E-state index contributed by atoms with van der Waals surface area (Å²) in [5.41, 5.74) is 4.54. The van der Waals surface area contributed by atoms with Crippen molar-refractivity contribution in [2.75, 3.05) is 0 Å². The second-order valence-corrected chi connectivity index (χ2v) is 6.07. The summed E-state index contributed by atoms with van der Waals surface area (Å²) in [6.45, 7) is 2.28. The van der Waals surface area contributed by atoms with Gasteiger partial charge in [0, 0.05) is 4.47 Å². The molecule has 0 spiro atoms. The van der Waals surface area contributed by atoms with Crippen molar-refractivity contribution in [2.24, 2.45) is 0 Å². The summed E-state index contributed by atoms with van der Waals surface area (Å²) in [5, 5.41) is 0. The average Bonchev–Trinajstić information content (AvgIpc) is 2.79. The lowest BCUT2D eigenvalue weighted by Gasteiger charge is -2.07. The van der Waals surface area contributed by atoms with Gasteiger partial charge in [-0.25, -0.2) is 0 Å². The Morgan fingerprint density at radius 3 is 2.67 bits per heavy atom. The van der Waals surface area contributed by atoms with E-state index in [2.05, 4.69) is 47.1 Å². The fourth-order valence-electron chi connectivity index (χ4n) is 2.73. The molecule has 0 aliphatic heterocycles. The molecule has 0 saturated carbocycles. The summed E-state index contributed by atoms with van der Waals surface area (Å²) in [4.78, 5) is 0. The zero-order valence-corrected chi connectivity index (χ0v) is 12.9. The average molecular weight is 307 g/mol. The van der Waals surface area contributed by atoms with E-state index in [9.17, 15) is 0 Å². The van der Waals surface area contributed by atoms with Crippen molar-refractivity contribution in [2.45, 2.75) is 58.3 Å². The van der Waals surface area contributed by atoms with E-state index in [0.29, 0.717) is 0 Å². The van der Waals surface area contributed by atoms with Gasteiger partial charge in [0.05, 0.1) is 0 Å². The smallest absolute Gasteiger partial charge is 0.0216 e. The van der Waals surface area contributed by atoms with E-state index in [1.165, 1.54) is 60.5 Å². The summed E-state index contributed by atoms with van der Waals surface area (Å²) in [6, 6.07) is 6.58. The molecule has 1 aromatic carbocycles. The van der Waals surface area contributed by atoms with Crippen molar-refractivity contribution in [1.29, 1.82) is 0 Å². The maximum absolute atomic E-state index is 3.65. The summed E-state index contributed by atoms with van der Waals surface area (Å²) in [7, 11) is 0. The minimum atomic E-state index is 1.11. The van der Waals surface area contributed by atoms with E-state index < -0.39 is 0 Å². The van der Waals surface area contributed by atoms with Crippen molar-refractivity contribution < 1.29 is 0 Å². The number of fused-ring (bicyclic) bond motifs is 1. The molecule has 0 atom stereocenters. The molecule has 0 radical (unpaired) electrons. The Balaban J connectivity index is 1.78. The topological polar surface area (TPSA) is 0 Å². The first-order chi connectivity index (χ1) is 8.83. The highest BCUT2D eigenvalue weighted by Gasteiger charge is 2.15. The standard InChI is InChI=1S/C17H23Br/c1-2-3-4-5-6-7-9-14-12-13-16-15(14)10-8-11-17(16)18/h8,10-12H,2-7,9,13H2,1H3. The van der Waals surface area contributed by atoms with Gasteiger partial charge in [-0.3, -0.25) is 0 Å². The van der Waals surface area contributed by atoms with Gasteiger partial charge in [-0.15, -0.1) is 0 Å². The number of benzene rings is 1. The fourth-order valence-corrected chi connectivity index (χ4v) is 3.26. The molecular formula is C17H23Br. The minimum absolute atomic E-state index is 1.11. The number of halogens is 1. The molecule has 0 nitrogen and oxygen atoms in total. The number of hydrogen-bond donors (Lipinski definition) is 0. The molecule has 1 aliphatic carbocycles. The molecule has 2 rings (SSSR count). The molecule has 1 aromatic rings. The van der Waals surface area contributed by atoms with E-state index in [4.69, 9.17) is 0 Å². The molecular weight excluding hydrogens is 284 g/mol. The predicted molar refractivity (Wildman–Crippen MR) is 83.8 cm³/mol. The Morgan fingerprint density at radius 1 is 1.06 bits per heavy atom. The van der Waals surface area contributed by atoms with Crippen LogP contribution in [0.3, 0.4) is 0 Å². The second-order valence-electron chi connectivity index (χ2n) is 5.22. The van der Waals surface area contributed by atoms with Crippen LogP contribution in [0, 0.1) is 0 Å². The summed E-state index contributed by atoms with van der Waals surface area (Å²) in [6.07, 6.45) is 13.1. The molecule has 1 aliphatic rings. The van der Waals surface area contributed by atoms with E-state index in [-0.39, 0.29) is 0 Å². The Bertz CT molecular complexity index is 418. The van der Waals surface area contributed by atoms with E-state index in [1.54, 1.807) is 5.57 Å². The number of unbranched alkanes of at least 4 members (excludes halogenated alkanes) is 5. The van der Waals surface area contributed by atoms with Gasteiger partial charge in [-0.05, 0) is 42.0 Å². The Labute approximate surface area is 120 Å². The van der Waals surface area contributed by atoms with Crippen molar-refractivity contribution in [3.8, 4) is 0 Å². The normalized spacial score (nSPS) is 13.6. The van der Waals surface area contributed by atoms with Crippen LogP contribution in [0.4, 0.5) is 0 Å². The highest BCUT2D eigenvalue weighted by atomic mass is 79.9. The largest absolute Gasteiger partial charge is 0.0762 e. The lowest BCUT2D eigenvalue weighted by atomic mass is 10.00. The highest BCUT2D eigenvalue weighted by Crippen LogP contribution is 2.35. The highest BCUT2D eigenvalue weighted by molar-refractivity contribution is 9.10. The van der Waals surface area contributed by atoms with Crippen LogP contribution in [0.1, 0.15) is 63.0 Å². The predicted octanol–water partition coefficient (Wildman–Crippen LogP) is 6.14. The van der Waals surface area contributed by atoms with Gasteiger partial charge in [0.2, 0.25) is 0 Å². The van der Waals surface area contributed by atoms with Crippen LogP contribution in [0.5, 0.6) is 0 Å².